The summed E-state index contributed by atoms with van der Waals surface area (Å²) in [6.07, 6.45) is 2.70. The highest BCUT2D eigenvalue weighted by Crippen LogP contribution is 2.43. The van der Waals surface area contributed by atoms with Gasteiger partial charge in [-0.05, 0) is 33.3 Å². The summed E-state index contributed by atoms with van der Waals surface area (Å²) in [6.45, 7) is 7.61. The molecule has 3 heterocycles. The number of aryl methyl sites for hydroxylation is 1. The van der Waals surface area contributed by atoms with E-state index in [9.17, 15) is 0 Å². The van der Waals surface area contributed by atoms with E-state index in [2.05, 4.69) is 16.8 Å². The van der Waals surface area contributed by atoms with Crippen LogP contribution in [0.3, 0.4) is 0 Å². The van der Waals surface area contributed by atoms with Crippen molar-refractivity contribution in [2.24, 2.45) is 0 Å². The van der Waals surface area contributed by atoms with Crippen LogP contribution in [0.5, 0.6) is 11.5 Å². The molecule has 1 saturated heterocycles. The Balaban J connectivity index is 1.97. The molecule has 8 heteroatoms. The molecule has 164 valence electrons. The third-order valence-corrected chi connectivity index (χ3v) is 6.41. The van der Waals surface area contributed by atoms with Gasteiger partial charge in [0.1, 0.15) is 17.3 Å². The lowest BCUT2D eigenvalue weighted by molar-refractivity contribution is 0.0257. The molecule has 31 heavy (non-hydrogen) atoms. The van der Waals surface area contributed by atoms with Crippen LogP contribution in [0.1, 0.15) is 24.6 Å². The van der Waals surface area contributed by atoms with Gasteiger partial charge in [0, 0.05) is 48.5 Å². The van der Waals surface area contributed by atoms with Crippen LogP contribution in [0.2, 0.25) is 5.02 Å². The van der Waals surface area contributed by atoms with Gasteiger partial charge in [-0.1, -0.05) is 11.6 Å². The smallest absolute Gasteiger partial charge is 0.164 e. The molecule has 0 bridgehead atoms. The second-order valence-electron chi connectivity index (χ2n) is 8.13. The number of rotatable bonds is 5. The van der Waals surface area contributed by atoms with E-state index < -0.39 is 0 Å². The summed E-state index contributed by atoms with van der Waals surface area (Å²) in [5, 5.41) is 1.41. The fraction of sp³-hybridized carbons (Fsp3) is 0.435. The van der Waals surface area contributed by atoms with Crippen molar-refractivity contribution in [1.29, 1.82) is 0 Å². The average Bonchev–Trinajstić information content (AvgIpc) is 3.16. The summed E-state index contributed by atoms with van der Waals surface area (Å²) in [4.78, 5) is 16.5. The Kier molecular flexibility index (Phi) is 5.66. The van der Waals surface area contributed by atoms with Gasteiger partial charge in [0.15, 0.2) is 5.82 Å². The van der Waals surface area contributed by atoms with Crippen LogP contribution < -0.4 is 14.4 Å². The molecule has 0 saturated carbocycles. The maximum atomic E-state index is 6.72. The number of hydrogen-bond donors (Lipinski definition) is 0. The Morgan fingerprint density at radius 3 is 2.45 bits per heavy atom. The third kappa shape index (κ3) is 3.77. The molecule has 3 aromatic rings. The fourth-order valence-corrected chi connectivity index (χ4v) is 4.44. The molecule has 0 amide bonds. The van der Waals surface area contributed by atoms with E-state index in [4.69, 9.17) is 35.8 Å². The maximum absolute atomic E-state index is 6.72. The van der Waals surface area contributed by atoms with Crippen LogP contribution in [0.15, 0.2) is 18.3 Å². The molecule has 2 aromatic heterocycles. The number of methoxy groups -OCH3 is 3. The van der Waals surface area contributed by atoms with Gasteiger partial charge in [0.25, 0.3) is 0 Å². The highest BCUT2D eigenvalue weighted by Gasteiger charge is 2.35. The average molecular weight is 443 g/mol. The Hall–Kier alpha value is -2.64. The number of halogens is 1. The molecule has 0 N–H and O–H groups in total. The van der Waals surface area contributed by atoms with Crippen molar-refractivity contribution in [2.45, 2.75) is 32.8 Å². The van der Waals surface area contributed by atoms with Crippen LogP contribution in [0.25, 0.3) is 22.3 Å². The Labute approximate surface area is 187 Å². The molecule has 4 rings (SSSR count). The van der Waals surface area contributed by atoms with Crippen LogP contribution in [-0.2, 0) is 4.74 Å². The lowest BCUT2D eigenvalue weighted by Gasteiger charge is -2.25. The molecule has 1 fully saturated rings. The number of ether oxygens (including phenoxy) is 3. The first-order valence-electron chi connectivity index (χ1n) is 10.2. The zero-order chi connectivity index (χ0) is 22.3. The predicted molar refractivity (Wildman–Crippen MR) is 123 cm³/mol. The normalized spacial score (nSPS) is 18.6. The van der Waals surface area contributed by atoms with Crippen molar-refractivity contribution in [1.82, 2.24) is 15.0 Å². The van der Waals surface area contributed by atoms with E-state index in [1.165, 1.54) is 0 Å². The maximum Gasteiger partial charge on any atom is 0.164 e. The number of hydrogen-bond acceptors (Lipinski definition) is 7. The first-order valence-corrected chi connectivity index (χ1v) is 10.5. The fourth-order valence-electron chi connectivity index (χ4n) is 4.08. The van der Waals surface area contributed by atoms with Gasteiger partial charge in [-0.2, -0.15) is 0 Å². The van der Waals surface area contributed by atoms with Gasteiger partial charge in [-0.25, -0.2) is 9.97 Å². The lowest BCUT2D eigenvalue weighted by atomic mass is 10.1. The van der Waals surface area contributed by atoms with E-state index in [0.717, 1.165) is 47.5 Å². The van der Waals surface area contributed by atoms with Gasteiger partial charge in [0.05, 0.1) is 36.6 Å². The predicted octanol–water partition coefficient (Wildman–Crippen LogP) is 4.59. The Morgan fingerprint density at radius 1 is 1.06 bits per heavy atom. The van der Waals surface area contributed by atoms with Crippen LogP contribution in [0, 0.1) is 13.8 Å². The highest BCUT2D eigenvalue weighted by atomic mass is 35.5. The van der Waals surface area contributed by atoms with Crippen LogP contribution in [0.4, 0.5) is 5.82 Å². The molecule has 1 aliphatic heterocycles. The van der Waals surface area contributed by atoms with Crippen molar-refractivity contribution < 1.29 is 14.2 Å². The van der Waals surface area contributed by atoms with Crippen molar-refractivity contribution in [2.75, 3.05) is 39.3 Å². The third-order valence-electron chi connectivity index (χ3n) is 6.03. The molecule has 1 aliphatic rings. The van der Waals surface area contributed by atoms with Crippen LogP contribution >= 0.6 is 11.6 Å². The molecule has 1 atom stereocenters. The summed E-state index contributed by atoms with van der Waals surface area (Å²) in [7, 11) is 4.95. The topological polar surface area (TPSA) is 69.6 Å². The number of nitrogens with zero attached hydrogens (tertiary/aromatic N) is 4. The zero-order valence-electron chi connectivity index (χ0n) is 18.7. The number of pyridine rings is 1. The Morgan fingerprint density at radius 2 is 1.81 bits per heavy atom. The first kappa shape index (κ1) is 21.6. The second kappa shape index (κ2) is 8.13. The molecule has 1 unspecified atom stereocenters. The number of benzene rings is 1. The van der Waals surface area contributed by atoms with E-state index in [-0.39, 0.29) is 5.60 Å². The number of anilines is 1. The number of fused-ring (bicyclic) bond motifs is 1. The quantitative estimate of drug-likeness (QED) is 0.572. The monoisotopic (exact) mass is 442 g/mol. The van der Waals surface area contributed by atoms with E-state index >= 15 is 0 Å². The molecule has 7 nitrogen and oxygen atoms in total. The second-order valence-corrected chi connectivity index (χ2v) is 8.51. The van der Waals surface area contributed by atoms with E-state index in [1.54, 1.807) is 33.6 Å². The van der Waals surface area contributed by atoms with Crippen molar-refractivity contribution in [3.63, 3.8) is 0 Å². The minimum atomic E-state index is -0.216. The van der Waals surface area contributed by atoms with E-state index in [1.807, 2.05) is 19.9 Å². The first-order chi connectivity index (χ1) is 14.8. The Bertz CT molecular complexity index is 1130. The van der Waals surface area contributed by atoms with Gasteiger partial charge >= 0.3 is 0 Å². The van der Waals surface area contributed by atoms with Crippen LogP contribution in [-0.4, -0.2) is 55.0 Å². The molecule has 1 aromatic carbocycles. The summed E-state index contributed by atoms with van der Waals surface area (Å²) < 4.78 is 16.8. The summed E-state index contributed by atoms with van der Waals surface area (Å²) in [5.74, 6) is 2.54. The summed E-state index contributed by atoms with van der Waals surface area (Å²) >= 11 is 6.72. The standard InChI is InChI=1S/C23H27ClN4O3/c1-13-9-15-16(11-25-13)26-21(27-22(15)28-8-7-23(3,12-28)31-6)19-14(2)17(29-4)10-18(30-5)20(19)24/h9-11H,7-8,12H2,1-6H3. The largest absolute Gasteiger partial charge is 0.496 e. The highest BCUT2D eigenvalue weighted by molar-refractivity contribution is 6.35. The zero-order valence-corrected chi connectivity index (χ0v) is 19.5. The minimum Gasteiger partial charge on any atom is -0.496 e. The van der Waals surface area contributed by atoms with Gasteiger partial charge in [-0.3, -0.25) is 4.98 Å². The molecular weight excluding hydrogens is 416 g/mol. The van der Waals surface area contributed by atoms with Gasteiger partial charge in [0.2, 0.25) is 0 Å². The molecule has 0 radical (unpaired) electrons. The molecular formula is C23H27ClN4O3. The lowest BCUT2D eigenvalue weighted by Crippen LogP contribution is -2.32. The number of aromatic nitrogens is 3. The molecule has 0 aliphatic carbocycles. The minimum absolute atomic E-state index is 0.216. The van der Waals surface area contributed by atoms with E-state index in [0.29, 0.717) is 27.9 Å². The molecule has 0 spiro atoms. The van der Waals surface area contributed by atoms with Crippen molar-refractivity contribution in [3.8, 4) is 22.9 Å². The summed E-state index contributed by atoms with van der Waals surface area (Å²) in [6, 6.07) is 3.80. The van der Waals surface area contributed by atoms with Crippen molar-refractivity contribution in [3.05, 3.63) is 34.6 Å². The van der Waals surface area contributed by atoms with Gasteiger partial charge < -0.3 is 19.1 Å². The van der Waals surface area contributed by atoms with Crippen molar-refractivity contribution >= 4 is 28.3 Å². The SMILES string of the molecule is COc1cc(OC)c(Cl)c(-c2nc(N3CCC(C)(OC)C3)c3cc(C)ncc3n2)c1C. The summed E-state index contributed by atoms with van der Waals surface area (Å²) in [5.41, 5.74) is 2.99. The van der Waals surface area contributed by atoms with Gasteiger partial charge in [-0.15, -0.1) is 0 Å².